The Morgan fingerprint density at radius 3 is 2.23 bits per heavy atom. The van der Waals surface area contributed by atoms with Gasteiger partial charge in [0.1, 0.15) is 5.56 Å². The molecule has 2 heterocycles. The molecule has 1 amide bonds. The Kier molecular flexibility index (Phi) is 5.54. The summed E-state index contributed by atoms with van der Waals surface area (Å²) in [5.41, 5.74) is 2.32. The fourth-order valence-electron chi connectivity index (χ4n) is 3.25. The number of benzene rings is 2. The molecule has 0 unspecified atom stereocenters. The van der Waals surface area contributed by atoms with Crippen molar-refractivity contribution in [2.75, 3.05) is 5.32 Å². The second-order valence-electron chi connectivity index (χ2n) is 6.68. The van der Waals surface area contributed by atoms with Crippen LogP contribution in [-0.2, 0) is 6.54 Å². The van der Waals surface area contributed by atoms with E-state index in [-0.39, 0.29) is 5.56 Å². The summed E-state index contributed by atoms with van der Waals surface area (Å²) in [5, 5.41) is 7.85. The number of anilines is 1. The summed E-state index contributed by atoms with van der Waals surface area (Å²) < 4.78 is 1.33. The molecule has 2 aromatic heterocycles. The third kappa shape index (κ3) is 3.79. The molecule has 0 aliphatic carbocycles. The van der Waals surface area contributed by atoms with Gasteiger partial charge in [0.2, 0.25) is 0 Å². The number of hydrogen-bond acceptors (Lipinski definition) is 5. The van der Waals surface area contributed by atoms with Crippen molar-refractivity contribution in [2.45, 2.75) is 20.4 Å². The van der Waals surface area contributed by atoms with Crippen molar-refractivity contribution in [2.24, 2.45) is 0 Å². The Balaban J connectivity index is 1.99. The highest BCUT2D eigenvalue weighted by Crippen LogP contribution is 2.32. The van der Waals surface area contributed by atoms with Gasteiger partial charge in [0, 0.05) is 28.7 Å². The van der Waals surface area contributed by atoms with Crippen molar-refractivity contribution < 1.29 is 4.79 Å². The second kappa shape index (κ2) is 8.42. The van der Waals surface area contributed by atoms with E-state index in [1.807, 2.05) is 74.5 Å². The molecule has 0 saturated carbocycles. The predicted octanol–water partition coefficient (Wildman–Crippen LogP) is 4.61. The number of carbonyl (C=O) groups is 1. The van der Waals surface area contributed by atoms with Crippen LogP contribution in [-0.4, -0.2) is 20.7 Å². The largest absolute Gasteiger partial charge is 0.298 e. The second-order valence-corrected chi connectivity index (χ2v) is 7.92. The highest BCUT2D eigenvalue weighted by Gasteiger charge is 2.25. The lowest BCUT2D eigenvalue weighted by Gasteiger charge is -2.16. The van der Waals surface area contributed by atoms with E-state index in [0.717, 1.165) is 16.0 Å². The van der Waals surface area contributed by atoms with Crippen molar-refractivity contribution >= 4 is 22.4 Å². The molecule has 2 aromatic carbocycles. The van der Waals surface area contributed by atoms with Crippen LogP contribution in [0.15, 0.2) is 71.7 Å². The molecular weight excluding hydrogens is 396 g/mol. The summed E-state index contributed by atoms with van der Waals surface area (Å²) >= 11 is 1.36. The summed E-state index contributed by atoms with van der Waals surface area (Å²) in [5.74, 6) is -0.491. The van der Waals surface area contributed by atoms with Crippen LogP contribution in [0.3, 0.4) is 0 Å². The number of hydrogen-bond donors (Lipinski definition) is 1. The minimum atomic E-state index is -0.491. The van der Waals surface area contributed by atoms with E-state index in [1.165, 1.54) is 16.0 Å². The SMILES string of the molecule is CCn1nc(-c2ccccc2)c(-c2ccccc2)c(C(=O)Nc2ncc(C)s2)c1=O. The summed E-state index contributed by atoms with van der Waals surface area (Å²) in [4.78, 5) is 31.7. The minimum Gasteiger partial charge on any atom is -0.298 e. The Morgan fingerprint density at radius 2 is 1.67 bits per heavy atom. The van der Waals surface area contributed by atoms with E-state index < -0.39 is 11.5 Å². The Hall–Kier alpha value is -3.58. The van der Waals surface area contributed by atoms with Gasteiger partial charge in [-0.15, -0.1) is 11.3 Å². The minimum absolute atomic E-state index is 0.0600. The topological polar surface area (TPSA) is 76.9 Å². The molecule has 1 N–H and O–H groups in total. The van der Waals surface area contributed by atoms with Crippen molar-refractivity contribution in [1.29, 1.82) is 0 Å². The molecule has 0 atom stereocenters. The maximum atomic E-state index is 13.3. The maximum Gasteiger partial charge on any atom is 0.280 e. The van der Waals surface area contributed by atoms with E-state index in [1.54, 1.807) is 6.20 Å². The Labute approximate surface area is 177 Å². The number of thiazole rings is 1. The third-order valence-corrected chi connectivity index (χ3v) is 5.46. The van der Waals surface area contributed by atoms with Gasteiger partial charge in [0.15, 0.2) is 5.13 Å². The molecule has 0 radical (unpaired) electrons. The quantitative estimate of drug-likeness (QED) is 0.515. The van der Waals surface area contributed by atoms with Crippen LogP contribution < -0.4 is 10.9 Å². The van der Waals surface area contributed by atoms with Gasteiger partial charge in [0.25, 0.3) is 11.5 Å². The molecular formula is C23H20N4O2S. The molecule has 30 heavy (non-hydrogen) atoms. The first-order chi connectivity index (χ1) is 14.6. The van der Waals surface area contributed by atoms with Gasteiger partial charge in [-0.05, 0) is 19.4 Å². The molecule has 4 aromatic rings. The molecule has 6 nitrogen and oxygen atoms in total. The number of aromatic nitrogens is 3. The third-order valence-electron chi connectivity index (χ3n) is 4.63. The predicted molar refractivity (Wildman–Crippen MR) is 120 cm³/mol. The van der Waals surface area contributed by atoms with Gasteiger partial charge in [-0.1, -0.05) is 60.7 Å². The van der Waals surface area contributed by atoms with Gasteiger partial charge in [-0.3, -0.25) is 14.9 Å². The van der Waals surface area contributed by atoms with Gasteiger partial charge in [-0.25, -0.2) is 9.67 Å². The van der Waals surface area contributed by atoms with Crippen molar-refractivity contribution in [3.05, 3.63) is 87.7 Å². The molecule has 4 rings (SSSR count). The molecule has 150 valence electrons. The number of nitrogens with one attached hydrogen (secondary N) is 1. The normalized spacial score (nSPS) is 10.7. The van der Waals surface area contributed by atoms with E-state index in [4.69, 9.17) is 0 Å². The summed E-state index contributed by atoms with van der Waals surface area (Å²) in [7, 11) is 0. The molecule has 0 aliphatic rings. The summed E-state index contributed by atoms with van der Waals surface area (Å²) in [6.07, 6.45) is 1.69. The standard InChI is InChI=1S/C23H20N4O2S/c1-3-27-22(29)19(21(28)25-23-24-14-15(2)30-23)18(16-10-6-4-7-11-16)20(26-27)17-12-8-5-9-13-17/h4-14H,3H2,1-2H3,(H,24,25,28). The molecule has 0 fully saturated rings. The average molecular weight is 417 g/mol. The first-order valence-corrected chi connectivity index (χ1v) is 10.4. The van der Waals surface area contributed by atoms with Gasteiger partial charge < -0.3 is 0 Å². The number of nitrogens with zero attached hydrogens (tertiary/aromatic N) is 3. The van der Waals surface area contributed by atoms with Crippen LogP contribution in [0.25, 0.3) is 22.4 Å². The molecule has 7 heteroatoms. The zero-order valence-corrected chi connectivity index (χ0v) is 17.4. The highest BCUT2D eigenvalue weighted by atomic mass is 32.1. The fourth-order valence-corrected chi connectivity index (χ4v) is 3.91. The highest BCUT2D eigenvalue weighted by molar-refractivity contribution is 7.15. The summed E-state index contributed by atoms with van der Waals surface area (Å²) in [6.45, 7) is 4.09. The summed E-state index contributed by atoms with van der Waals surface area (Å²) in [6, 6.07) is 19.0. The zero-order chi connectivity index (χ0) is 21.1. The Bertz CT molecular complexity index is 1250. The van der Waals surface area contributed by atoms with Gasteiger partial charge in [-0.2, -0.15) is 5.10 Å². The Morgan fingerprint density at radius 1 is 1.03 bits per heavy atom. The fraction of sp³-hybridized carbons (Fsp3) is 0.130. The molecule has 0 aliphatic heterocycles. The number of amides is 1. The van der Waals surface area contributed by atoms with Crippen LogP contribution in [0.1, 0.15) is 22.2 Å². The molecule has 0 spiro atoms. The maximum absolute atomic E-state index is 13.3. The lowest BCUT2D eigenvalue weighted by Crippen LogP contribution is -2.32. The number of carbonyl (C=O) groups excluding carboxylic acids is 1. The average Bonchev–Trinajstić information content (AvgIpc) is 3.18. The van der Waals surface area contributed by atoms with E-state index >= 15 is 0 Å². The van der Waals surface area contributed by atoms with Gasteiger partial charge in [0.05, 0.1) is 5.69 Å². The number of aryl methyl sites for hydroxylation is 2. The smallest absolute Gasteiger partial charge is 0.280 e. The van der Waals surface area contributed by atoms with E-state index in [2.05, 4.69) is 15.4 Å². The van der Waals surface area contributed by atoms with E-state index in [9.17, 15) is 9.59 Å². The first-order valence-electron chi connectivity index (χ1n) is 9.58. The first kappa shape index (κ1) is 19.7. The van der Waals surface area contributed by atoms with E-state index in [0.29, 0.717) is 22.9 Å². The number of rotatable bonds is 5. The van der Waals surface area contributed by atoms with Crippen molar-refractivity contribution in [1.82, 2.24) is 14.8 Å². The van der Waals surface area contributed by atoms with Crippen LogP contribution in [0.4, 0.5) is 5.13 Å². The zero-order valence-electron chi connectivity index (χ0n) is 16.6. The van der Waals surface area contributed by atoms with Crippen LogP contribution >= 0.6 is 11.3 Å². The lowest BCUT2D eigenvalue weighted by atomic mass is 9.95. The van der Waals surface area contributed by atoms with Crippen molar-refractivity contribution in [3.63, 3.8) is 0 Å². The van der Waals surface area contributed by atoms with Crippen LogP contribution in [0.2, 0.25) is 0 Å². The van der Waals surface area contributed by atoms with Crippen molar-refractivity contribution in [3.8, 4) is 22.4 Å². The monoisotopic (exact) mass is 416 g/mol. The molecule has 0 saturated heterocycles. The van der Waals surface area contributed by atoms with Crippen LogP contribution in [0.5, 0.6) is 0 Å². The van der Waals surface area contributed by atoms with Gasteiger partial charge >= 0.3 is 0 Å². The van der Waals surface area contributed by atoms with Crippen LogP contribution in [0, 0.1) is 6.92 Å². The lowest BCUT2D eigenvalue weighted by molar-refractivity contribution is 0.102. The molecule has 0 bridgehead atoms.